The molecule has 0 aliphatic heterocycles. The van der Waals surface area contributed by atoms with Gasteiger partial charge in [-0.05, 0) is 38.9 Å². The van der Waals surface area contributed by atoms with Crippen LogP contribution in [0.25, 0.3) is 0 Å². The van der Waals surface area contributed by atoms with Crippen molar-refractivity contribution in [1.82, 2.24) is 4.90 Å². The minimum Gasteiger partial charge on any atom is -0.368 e. The first-order chi connectivity index (χ1) is 7.41. The van der Waals surface area contributed by atoms with E-state index < -0.39 is 0 Å². The Morgan fingerprint density at radius 1 is 1.44 bits per heavy atom. The highest BCUT2D eigenvalue weighted by Crippen LogP contribution is 2.13. The number of benzene rings is 1. The van der Waals surface area contributed by atoms with Crippen LogP contribution in [0.4, 0.5) is 0 Å². The summed E-state index contributed by atoms with van der Waals surface area (Å²) in [5, 5.41) is 0. The highest BCUT2D eigenvalue weighted by atomic mass is 16.1. The number of nitrogens with two attached hydrogens (primary N) is 1. The van der Waals surface area contributed by atoms with Crippen molar-refractivity contribution >= 4 is 5.91 Å². The Bertz CT molecular complexity index is 388. The predicted molar refractivity (Wildman–Crippen MR) is 66.0 cm³/mol. The first-order valence-electron chi connectivity index (χ1n) is 5.47. The van der Waals surface area contributed by atoms with Crippen molar-refractivity contribution in [2.45, 2.75) is 33.4 Å². The molecule has 0 spiro atoms. The molecule has 1 aromatic rings. The highest BCUT2D eigenvalue weighted by Gasteiger charge is 2.15. The number of primary amides is 1. The van der Waals surface area contributed by atoms with Gasteiger partial charge >= 0.3 is 0 Å². The van der Waals surface area contributed by atoms with E-state index >= 15 is 0 Å². The predicted octanol–water partition coefficient (Wildman–Crippen LogP) is 1.61. The summed E-state index contributed by atoms with van der Waals surface area (Å²) in [5.41, 5.74) is 9.02. The van der Waals surface area contributed by atoms with Crippen molar-refractivity contribution < 1.29 is 4.79 Å². The number of carbonyl (C=O) groups is 1. The maximum absolute atomic E-state index is 11.1. The van der Waals surface area contributed by atoms with Crippen molar-refractivity contribution in [2.75, 3.05) is 7.05 Å². The Labute approximate surface area is 97.2 Å². The van der Waals surface area contributed by atoms with E-state index in [-0.39, 0.29) is 11.9 Å². The standard InChI is InChI=1S/C13H20N2O/c1-9-5-6-12(10(2)7-9)8-15(4)11(3)13(14)16/h5-7,11H,8H2,1-4H3,(H2,14,16)/t11-/m0/s1. The normalized spacial score (nSPS) is 12.8. The van der Waals surface area contributed by atoms with E-state index in [9.17, 15) is 4.79 Å². The van der Waals surface area contributed by atoms with Crippen molar-refractivity contribution in [2.24, 2.45) is 5.73 Å². The average Bonchev–Trinajstić information content (AvgIpc) is 2.20. The van der Waals surface area contributed by atoms with Crippen LogP contribution < -0.4 is 5.73 Å². The van der Waals surface area contributed by atoms with Gasteiger partial charge in [0, 0.05) is 6.54 Å². The molecule has 2 N–H and O–H groups in total. The van der Waals surface area contributed by atoms with Crippen LogP contribution in [0.5, 0.6) is 0 Å². The molecule has 0 heterocycles. The number of likely N-dealkylation sites (N-methyl/N-ethyl adjacent to an activating group) is 1. The van der Waals surface area contributed by atoms with Crippen molar-refractivity contribution in [3.8, 4) is 0 Å². The summed E-state index contributed by atoms with van der Waals surface area (Å²) in [5.74, 6) is -0.285. The zero-order valence-electron chi connectivity index (χ0n) is 10.4. The molecular formula is C13H20N2O. The molecule has 0 saturated carbocycles. The molecule has 1 atom stereocenters. The Morgan fingerprint density at radius 3 is 2.56 bits per heavy atom. The topological polar surface area (TPSA) is 46.3 Å². The average molecular weight is 220 g/mol. The van der Waals surface area contributed by atoms with E-state index in [0.717, 1.165) is 6.54 Å². The molecule has 88 valence electrons. The third kappa shape index (κ3) is 3.07. The van der Waals surface area contributed by atoms with Crippen LogP contribution in [0.1, 0.15) is 23.6 Å². The number of amides is 1. The molecule has 0 unspecified atom stereocenters. The summed E-state index contributed by atoms with van der Waals surface area (Å²) in [6.45, 7) is 6.74. The summed E-state index contributed by atoms with van der Waals surface area (Å²) < 4.78 is 0. The monoisotopic (exact) mass is 220 g/mol. The second-order valence-electron chi connectivity index (χ2n) is 4.42. The number of hydrogen-bond acceptors (Lipinski definition) is 2. The lowest BCUT2D eigenvalue weighted by Gasteiger charge is -2.22. The molecule has 1 rings (SSSR count). The smallest absolute Gasteiger partial charge is 0.234 e. The largest absolute Gasteiger partial charge is 0.368 e. The molecule has 3 nitrogen and oxygen atoms in total. The third-order valence-corrected chi connectivity index (χ3v) is 2.99. The van der Waals surface area contributed by atoms with E-state index in [1.54, 1.807) is 0 Å². The van der Waals surface area contributed by atoms with E-state index in [1.807, 2.05) is 18.9 Å². The molecular weight excluding hydrogens is 200 g/mol. The van der Waals surface area contributed by atoms with Crippen molar-refractivity contribution in [3.05, 3.63) is 34.9 Å². The molecule has 1 aromatic carbocycles. The second-order valence-corrected chi connectivity index (χ2v) is 4.42. The minimum atomic E-state index is -0.285. The Kier molecular flexibility index (Phi) is 4.07. The van der Waals surface area contributed by atoms with Gasteiger partial charge in [0.25, 0.3) is 0 Å². The van der Waals surface area contributed by atoms with Crippen LogP contribution >= 0.6 is 0 Å². The number of aryl methyl sites for hydroxylation is 2. The van der Waals surface area contributed by atoms with E-state index in [2.05, 4.69) is 32.0 Å². The number of carbonyl (C=O) groups excluding carboxylic acids is 1. The highest BCUT2D eigenvalue weighted by molar-refractivity contribution is 5.79. The molecule has 0 aliphatic carbocycles. The maximum Gasteiger partial charge on any atom is 0.234 e. The Hall–Kier alpha value is -1.35. The summed E-state index contributed by atoms with van der Waals surface area (Å²) in [4.78, 5) is 13.0. The van der Waals surface area contributed by atoms with Crippen molar-refractivity contribution in [1.29, 1.82) is 0 Å². The summed E-state index contributed by atoms with van der Waals surface area (Å²) >= 11 is 0. The molecule has 1 amide bonds. The van der Waals surface area contributed by atoms with Crippen LogP contribution in [0, 0.1) is 13.8 Å². The lowest BCUT2D eigenvalue weighted by molar-refractivity contribution is -0.122. The van der Waals surface area contributed by atoms with Gasteiger partial charge in [0.05, 0.1) is 6.04 Å². The molecule has 0 bridgehead atoms. The fourth-order valence-corrected chi connectivity index (χ4v) is 1.65. The van der Waals surface area contributed by atoms with Gasteiger partial charge in [0.2, 0.25) is 5.91 Å². The fourth-order valence-electron chi connectivity index (χ4n) is 1.65. The Morgan fingerprint density at radius 2 is 2.06 bits per heavy atom. The van der Waals surface area contributed by atoms with Gasteiger partial charge in [0.15, 0.2) is 0 Å². The lowest BCUT2D eigenvalue weighted by Crippen LogP contribution is -2.39. The van der Waals surface area contributed by atoms with E-state index in [4.69, 9.17) is 5.73 Å². The van der Waals surface area contributed by atoms with Gasteiger partial charge in [-0.2, -0.15) is 0 Å². The summed E-state index contributed by atoms with van der Waals surface area (Å²) in [7, 11) is 1.91. The minimum absolute atomic E-state index is 0.235. The number of nitrogens with zero attached hydrogens (tertiary/aromatic N) is 1. The van der Waals surface area contributed by atoms with Crippen molar-refractivity contribution in [3.63, 3.8) is 0 Å². The molecule has 0 radical (unpaired) electrons. The quantitative estimate of drug-likeness (QED) is 0.838. The summed E-state index contributed by atoms with van der Waals surface area (Å²) in [6.07, 6.45) is 0. The van der Waals surface area contributed by atoms with Gasteiger partial charge in [-0.15, -0.1) is 0 Å². The zero-order valence-corrected chi connectivity index (χ0v) is 10.4. The zero-order chi connectivity index (χ0) is 12.3. The molecule has 3 heteroatoms. The number of hydrogen-bond donors (Lipinski definition) is 1. The second kappa shape index (κ2) is 5.12. The van der Waals surface area contributed by atoms with Gasteiger partial charge in [-0.3, -0.25) is 9.69 Å². The van der Waals surface area contributed by atoms with Crippen LogP contribution in [0.15, 0.2) is 18.2 Å². The molecule has 0 aliphatic rings. The molecule has 0 aromatic heterocycles. The van der Waals surface area contributed by atoms with E-state index in [0.29, 0.717) is 0 Å². The first-order valence-corrected chi connectivity index (χ1v) is 5.47. The fraction of sp³-hybridized carbons (Fsp3) is 0.462. The molecule has 0 saturated heterocycles. The Balaban J connectivity index is 2.77. The SMILES string of the molecule is Cc1ccc(CN(C)[C@@H](C)C(N)=O)c(C)c1. The van der Waals surface area contributed by atoms with Gasteiger partial charge < -0.3 is 5.73 Å². The third-order valence-electron chi connectivity index (χ3n) is 2.99. The van der Waals surface area contributed by atoms with Crippen LogP contribution in [-0.2, 0) is 11.3 Å². The van der Waals surface area contributed by atoms with Gasteiger partial charge in [-0.25, -0.2) is 0 Å². The van der Waals surface area contributed by atoms with Crippen LogP contribution in [0.3, 0.4) is 0 Å². The summed E-state index contributed by atoms with van der Waals surface area (Å²) in [6, 6.07) is 6.11. The molecule has 16 heavy (non-hydrogen) atoms. The maximum atomic E-state index is 11.1. The van der Waals surface area contributed by atoms with Gasteiger partial charge in [-0.1, -0.05) is 23.8 Å². The van der Waals surface area contributed by atoms with Crippen LogP contribution in [-0.4, -0.2) is 23.9 Å². The van der Waals surface area contributed by atoms with Crippen LogP contribution in [0.2, 0.25) is 0 Å². The first kappa shape index (κ1) is 12.7. The van der Waals surface area contributed by atoms with E-state index in [1.165, 1.54) is 16.7 Å². The lowest BCUT2D eigenvalue weighted by atomic mass is 10.0. The van der Waals surface area contributed by atoms with Gasteiger partial charge in [0.1, 0.15) is 0 Å². The molecule has 0 fully saturated rings. The number of rotatable bonds is 4.